The number of aromatic amines is 1. The lowest BCUT2D eigenvalue weighted by Gasteiger charge is -2.13. The van der Waals surface area contributed by atoms with E-state index in [1.807, 2.05) is 25.5 Å². The fourth-order valence-corrected chi connectivity index (χ4v) is 1.86. The third-order valence-corrected chi connectivity index (χ3v) is 3.30. The molecule has 1 aliphatic rings. The summed E-state index contributed by atoms with van der Waals surface area (Å²) in [4.78, 5) is 26.8. The van der Waals surface area contributed by atoms with E-state index >= 15 is 0 Å². The minimum Gasteiger partial charge on any atom is -0.348 e. The SMILES string of the molecule is C=C1NC=C(C)C(=O)N1.Cc1ncn[nH]1.Cc1ncnc2c1ncn2C. The Balaban J connectivity index is 0.000000147. The first-order valence-corrected chi connectivity index (χ1v) is 7.72. The van der Waals surface area contributed by atoms with Crippen LogP contribution in [0.4, 0.5) is 0 Å². The molecule has 26 heavy (non-hydrogen) atoms. The van der Waals surface area contributed by atoms with Gasteiger partial charge in [0.15, 0.2) is 5.65 Å². The van der Waals surface area contributed by atoms with Gasteiger partial charge in [-0.15, -0.1) is 0 Å². The second-order valence-corrected chi connectivity index (χ2v) is 5.46. The molecule has 0 saturated heterocycles. The molecular weight excluding hydrogens is 334 g/mol. The normalized spacial score (nSPS) is 12.8. The molecule has 3 aromatic rings. The summed E-state index contributed by atoms with van der Waals surface area (Å²) >= 11 is 0. The van der Waals surface area contributed by atoms with E-state index in [2.05, 4.69) is 47.3 Å². The lowest BCUT2D eigenvalue weighted by atomic mass is 10.3. The second kappa shape index (κ2) is 8.51. The van der Waals surface area contributed by atoms with Crippen molar-refractivity contribution in [1.29, 1.82) is 0 Å². The predicted octanol–water partition coefficient (Wildman–Crippen LogP) is 0.866. The highest BCUT2D eigenvalue weighted by atomic mass is 16.1. The summed E-state index contributed by atoms with van der Waals surface area (Å²) < 4.78 is 1.88. The summed E-state index contributed by atoms with van der Waals surface area (Å²) in [6.07, 6.45) is 6.40. The van der Waals surface area contributed by atoms with Gasteiger partial charge in [0.1, 0.15) is 29.8 Å². The molecule has 0 fully saturated rings. The number of imidazole rings is 1. The van der Waals surface area contributed by atoms with Crippen molar-refractivity contribution in [3.8, 4) is 0 Å². The van der Waals surface area contributed by atoms with E-state index in [9.17, 15) is 4.79 Å². The van der Waals surface area contributed by atoms with Crippen molar-refractivity contribution in [2.24, 2.45) is 7.05 Å². The minimum atomic E-state index is -0.0845. The topological polar surface area (TPSA) is 126 Å². The van der Waals surface area contributed by atoms with Crippen LogP contribution in [0.5, 0.6) is 0 Å². The van der Waals surface area contributed by atoms with Crippen LogP contribution < -0.4 is 10.6 Å². The third-order valence-electron chi connectivity index (χ3n) is 3.30. The number of fused-ring (bicyclic) bond motifs is 1. The number of aryl methyl sites for hydroxylation is 3. The number of H-pyrrole nitrogens is 1. The quantitative estimate of drug-likeness (QED) is 0.546. The van der Waals surface area contributed by atoms with Crippen LogP contribution in [0.2, 0.25) is 0 Å². The van der Waals surface area contributed by atoms with Crippen molar-refractivity contribution in [2.45, 2.75) is 20.8 Å². The van der Waals surface area contributed by atoms with Gasteiger partial charge < -0.3 is 15.2 Å². The largest absolute Gasteiger partial charge is 0.348 e. The van der Waals surface area contributed by atoms with Gasteiger partial charge in [-0.2, -0.15) is 5.10 Å². The maximum Gasteiger partial charge on any atom is 0.253 e. The molecule has 1 amide bonds. The standard InChI is InChI=1S/C7H8N4.C6H8N2O.C3H5N3/c1-5-6-7(9-3-8-5)11(2)4-10-6;1-4-3-7-5(2)8-6(4)9;1-3-4-2-5-6-3/h3-4H,1-2H3;3,7H,2H2,1H3,(H,8,9);2H,1H3,(H,4,5,6). The van der Waals surface area contributed by atoms with Gasteiger partial charge in [-0.1, -0.05) is 6.58 Å². The number of amides is 1. The van der Waals surface area contributed by atoms with E-state index in [-0.39, 0.29) is 5.91 Å². The third kappa shape index (κ3) is 4.97. The average Bonchev–Trinajstić information content (AvgIpc) is 3.23. The summed E-state index contributed by atoms with van der Waals surface area (Å²) in [7, 11) is 1.92. The maximum atomic E-state index is 10.7. The van der Waals surface area contributed by atoms with Gasteiger partial charge in [0.25, 0.3) is 5.91 Å². The van der Waals surface area contributed by atoms with Crippen molar-refractivity contribution in [2.75, 3.05) is 0 Å². The summed E-state index contributed by atoms with van der Waals surface area (Å²) in [6.45, 7) is 9.02. The fourth-order valence-electron chi connectivity index (χ4n) is 1.86. The highest BCUT2D eigenvalue weighted by Gasteiger charge is 2.08. The Hall–Kier alpha value is -3.56. The molecule has 0 aliphatic carbocycles. The van der Waals surface area contributed by atoms with E-state index in [0.29, 0.717) is 11.4 Å². The van der Waals surface area contributed by atoms with Gasteiger partial charge in [-0.25, -0.2) is 19.9 Å². The zero-order chi connectivity index (χ0) is 19.1. The molecule has 0 saturated carbocycles. The number of carbonyl (C=O) groups is 1. The van der Waals surface area contributed by atoms with E-state index in [1.165, 1.54) is 6.33 Å². The van der Waals surface area contributed by atoms with Crippen molar-refractivity contribution >= 4 is 17.1 Å². The Morgan fingerprint density at radius 1 is 1.08 bits per heavy atom. The zero-order valence-corrected chi connectivity index (χ0v) is 15.1. The summed E-state index contributed by atoms with van der Waals surface area (Å²) in [5.74, 6) is 1.30. The average molecular weight is 355 g/mol. The van der Waals surface area contributed by atoms with E-state index in [4.69, 9.17) is 0 Å². The number of nitrogens with one attached hydrogen (secondary N) is 3. The maximum absolute atomic E-state index is 10.7. The van der Waals surface area contributed by atoms with Crippen LogP contribution in [-0.4, -0.2) is 40.6 Å². The summed E-state index contributed by atoms with van der Waals surface area (Å²) in [5.41, 5.74) is 3.37. The monoisotopic (exact) mass is 355 g/mol. The Kier molecular flexibility index (Phi) is 6.15. The van der Waals surface area contributed by atoms with Crippen LogP contribution >= 0.6 is 0 Å². The minimum absolute atomic E-state index is 0.0845. The second-order valence-electron chi connectivity index (χ2n) is 5.46. The molecule has 4 rings (SSSR count). The van der Waals surface area contributed by atoms with Crippen molar-refractivity contribution < 1.29 is 4.79 Å². The van der Waals surface area contributed by atoms with Crippen LogP contribution in [0, 0.1) is 13.8 Å². The van der Waals surface area contributed by atoms with Gasteiger partial charge in [0.05, 0.1) is 12.0 Å². The number of nitrogens with zero attached hydrogens (tertiary/aromatic N) is 6. The Labute approximate surface area is 150 Å². The Morgan fingerprint density at radius 3 is 2.35 bits per heavy atom. The van der Waals surface area contributed by atoms with Crippen LogP contribution in [0.25, 0.3) is 11.2 Å². The molecule has 0 atom stereocenters. The van der Waals surface area contributed by atoms with Crippen LogP contribution in [0.15, 0.2) is 43.2 Å². The van der Waals surface area contributed by atoms with Crippen molar-refractivity contribution in [3.05, 3.63) is 54.7 Å². The molecule has 0 unspecified atom stereocenters. The zero-order valence-electron chi connectivity index (χ0n) is 15.1. The molecule has 4 heterocycles. The molecule has 0 spiro atoms. The van der Waals surface area contributed by atoms with Crippen molar-refractivity contribution in [1.82, 2.24) is 45.3 Å². The molecule has 1 aliphatic heterocycles. The van der Waals surface area contributed by atoms with Gasteiger partial charge in [-0.3, -0.25) is 9.89 Å². The molecule has 0 radical (unpaired) electrons. The molecule has 3 N–H and O–H groups in total. The van der Waals surface area contributed by atoms with Crippen LogP contribution in [-0.2, 0) is 11.8 Å². The number of rotatable bonds is 0. The first-order chi connectivity index (χ1) is 12.4. The number of aromatic nitrogens is 7. The fraction of sp³-hybridized carbons (Fsp3) is 0.250. The van der Waals surface area contributed by atoms with Gasteiger partial charge in [0.2, 0.25) is 0 Å². The van der Waals surface area contributed by atoms with Crippen LogP contribution in [0.3, 0.4) is 0 Å². The molecule has 10 nitrogen and oxygen atoms in total. The van der Waals surface area contributed by atoms with E-state index < -0.39 is 0 Å². The summed E-state index contributed by atoms with van der Waals surface area (Å²) in [6, 6.07) is 0. The molecular formula is C16H21N9O. The highest BCUT2D eigenvalue weighted by Crippen LogP contribution is 2.09. The summed E-state index contributed by atoms with van der Waals surface area (Å²) in [5, 5.41) is 11.5. The number of hydrogen-bond donors (Lipinski definition) is 3. The smallest absolute Gasteiger partial charge is 0.253 e. The van der Waals surface area contributed by atoms with Gasteiger partial charge in [0, 0.05) is 18.8 Å². The first-order valence-electron chi connectivity index (χ1n) is 7.72. The van der Waals surface area contributed by atoms with Gasteiger partial charge in [-0.05, 0) is 20.8 Å². The number of hydrogen-bond acceptors (Lipinski definition) is 7. The van der Waals surface area contributed by atoms with Gasteiger partial charge >= 0.3 is 0 Å². The predicted molar refractivity (Wildman–Crippen MR) is 96.3 cm³/mol. The Bertz CT molecular complexity index is 925. The lowest BCUT2D eigenvalue weighted by molar-refractivity contribution is -0.117. The molecule has 10 heteroatoms. The van der Waals surface area contributed by atoms with E-state index in [1.54, 1.807) is 25.8 Å². The first kappa shape index (κ1) is 18.8. The highest BCUT2D eigenvalue weighted by molar-refractivity contribution is 5.94. The molecule has 0 aromatic carbocycles. The van der Waals surface area contributed by atoms with Crippen molar-refractivity contribution in [3.63, 3.8) is 0 Å². The Morgan fingerprint density at radius 2 is 1.85 bits per heavy atom. The van der Waals surface area contributed by atoms with E-state index in [0.717, 1.165) is 22.7 Å². The molecule has 136 valence electrons. The molecule has 3 aromatic heterocycles. The number of carbonyl (C=O) groups excluding carboxylic acids is 1. The molecule has 0 bridgehead atoms. The van der Waals surface area contributed by atoms with Crippen LogP contribution in [0.1, 0.15) is 18.4 Å². The lowest BCUT2D eigenvalue weighted by Crippen LogP contribution is -2.33.